The van der Waals surface area contributed by atoms with Gasteiger partial charge in [0.25, 0.3) is 0 Å². The maximum atomic E-state index is 14.2. The maximum absolute atomic E-state index is 14.2. The molecule has 0 radical (unpaired) electrons. The van der Waals surface area contributed by atoms with Gasteiger partial charge in [-0.1, -0.05) is 47.5 Å². The quantitative estimate of drug-likeness (QED) is 0.573. The first-order valence-corrected chi connectivity index (χ1v) is 6.88. The van der Waals surface area contributed by atoms with Crippen LogP contribution in [-0.4, -0.2) is 12.1 Å². The molecule has 7 heteroatoms. The number of alkyl halides is 7. The van der Waals surface area contributed by atoms with Crippen molar-refractivity contribution in [2.45, 2.75) is 31.9 Å². The highest BCUT2D eigenvalue weighted by Gasteiger charge is 2.73. The van der Waals surface area contributed by atoms with Crippen LogP contribution in [-0.2, 0) is 5.92 Å². The third-order valence-corrected chi connectivity index (χ3v) is 3.63. The Balaban J connectivity index is 2.69. The van der Waals surface area contributed by atoms with Crippen LogP contribution in [0.5, 0.6) is 0 Å². The molecule has 0 saturated carbocycles. The molecule has 0 aliphatic heterocycles. The van der Waals surface area contributed by atoms with E-state index in [0.29, 0.717) is 6.07 Å². The molecule has 0 aromatic heterocycles. The van der Waals surface area contributed by atoms with E-state index in [0.717, 1.165) is 11.6 Å². The standard InChI is InChI=1S/C17H13F7/c1-10-3-6-12(7-4-10)13-8-5-11(2)9-14(13)15(18,19)16(20,21)17(22,23)24/h3-9H,1-2H3. The topological polar surface area (TPSA) is 0 Å². The summed E-state index contributed by atoms with van der Waals surface area (Å²) in [5, 5.41) is 0. The zero-order chi connectivity index (χ0) is 18.3. The monoisotopic (exact) mass is 350 g/mol. The number of halogens is 7. The Morgan fingerprint density at radius 2 is 1.17 bits per heavy atom. The zero-order valence-corrected chi connectivity index (χ0v) is 12.7. The fourth-order valence-electron chi connectivity index (χ4n) is 2.25. The fourth-order valence-corrected chi connectivity index (χ4v) is 2.25. The van der Waals surface area contributed by atoms with E-state index < -0.39 is 23.6 Å². The van der Waals surface area contributed by atoms with E-state index in [2.05, 4.69) is 0 Å². The molecular weight excluding hydrogens is 337 g/mol. The predicted octanol–water partition coefficient (Wildman–Crippen LogP) is 6.26. The summed E-state index contributed by atoms with van der Waals surface area (Å²) in [4.78, 5) is 0. The average molecular weight is 350 g/mol. The van der Waals surface area contributed by atoms with Gasteiger partial charge in [-0.05, 0) is 31.0 Å². The molecule has 0 aliphatic rings. The number of benzene rings is 2. The molecule has 0 bridgehead atoms. The SMILES string of the molecule is Cc1ccc(-c2ccc(C)cc2C(F)(F)C(F)(F)C(F)(F)F)cc1. The van der Waals surface area contributed by atoms with Crippen LogP contribution < -0.4 is 0 Å². The summed E-state index contributed by atoms with van der Waals surface area (Å²) in [6.07, 6.45) is -6.37. The Morgan fingerprint density at radius 1 is 0.667 bits per heavy atom. The molecule has 2 rings (SSSR count). The summed E-state index contributed by atoms with van der Waals surface area (Å²) in [5.41, 5.74) is -0.644. The van der Waals surface area contributed by atoms with Gasteiger partial charge in [0.15, 0.2) is 0 Å². The lowest BCUT2D eigenvalue weighted by atomic mass is 9.90. The van der Waals surface area contributed by atoms with Gasteiger partial charge in [-0.2, -0.15) is 30.7 Å². The average Bonchev–Trinajstić information content (AvgIpc) is 2.47. The van der Waals surface area contributed by atoms with Crippen molar-refractivity contribution in [1.29, 1.82) is 0 Å². The van der Waals surface area contributed by atoms with Crippen molar-refractivity contribution in [1.82, 2.24) is 0 Å². The van der Waals surface area contributed by atoms with Crippen LogP contribution in [0.25, 0.3) is 11.1 Å². The third kappa shape index (κ3) is 2.99. The zero-order valence-electron chi connectivity index (χ0n) is 12.7. The second-order valence-corrected chi connectivity index (χ2v) is 5.56. The van der Waals surface area contributed by atoms with Crippen molar-refractivity contribution in [3.63, 3.8) is 0 Å². The molecule has 2 aromatic carbocycles. The lowest BCUT2D eigenvalue weighted by Gasteiger charge is -2.30. The van der Waals surface area contributed by atoms with Crippen LogP contribution in [0, 0.1) is 13.8 Å². The highest BCUT2D eigenvalue weighted by Crippen LogP contribution is 2.53. The summed E-state index contributed by atoms with van der Waals surface area (Å²) < 4.78 is 92.6. The van der Waals surface area contributed by atoms with E-state index in [4.69, 9.17) is 0 Å². The Hall–Kier alpha value is -2.05. The molecule has 0 fully saturated rings. The van der Waals surface area contributed by atoms with Gasteiger partial charge in [0.2, 0.25) is 0 Å². The molecule has 130 valence electrons. The molecule has 0 heterocycles. The minimum atomic E-state index is -6.37. The minimum absolute atomic E-state index is 0.133. The summed E-state index contributed by atoms with van der Waals surface area (Å²) in [7, 11) is 0. The number of rotatable bonds is 3. The third-order valence-electron chi connectivity index (χ3n) is 3.63. The van der Waals surface area contributed by atoms with Gasteiger partial charge in [0, 0.05) is 5.56 Å². The van der Waals surface area contributed by atoms with E-state index in [1.165, 1.54) is 25.1 Å². The van der Waals surface area contributed by atoms with Crippen molar-refractivity contribution in [3.8, 4) is 11.1 Å². The molecule has 0 amide bonds. The van der Waals surface area contributed by atoms with Gasteiger partial charge in [0.05, 0.1) is 0 Å². The second-order valence-electron chi connectivity index (χ2n) is 5.56. The van der Waals surface area contributed by atoms with E-state index in [1.54, 1.807) is 19.1 Å². The van der Waals surface area contributed by atoms with Crippen LogP contribution in [0.4, 0.5) is 30.7 Å². The molecule has 0 N–H and O–H groups in total. The van der Waals surface area contributed by atoms with Crippen LogP contribution >= 0.6 is 0 Å². The number of hydrogen-bond donors (Lipinski definition) is 0. The molecule has 0 nitrogen and oxygen atoms in total. The van der Waals surface area contributed by atoms with Crippen molar-refractivity contribution < 1.29 is 30.7 Å². The normalized spacial score (nSPS) is 13.2. The van der Waals surface area contributed by atoms with Crippen molar-refractivity contribution >= 4 is 0 Å². The predicted molar refractivity (Wildman–Crippen MR) is 76.2 cm³/mol. The maximum Gasteiger partial charge on any atom is 0.460 e. The molecular formula is C17H13F7. The Morgan fingerprint density at radius 3 is 1.67 bits per heavy atom. The summed E-state index contributed by atoms with van der Waals surface area (Å²) >= 11 is 0. The van der Waals surface area contributed by atoms with E-state index in [-0.39, 0.29) is 16.7 Å². The molecule has 0 atom stereocenters. The summed E-state index contributed by atoms with van der Waals surface area (Å²) in [6.45, 7) is 3.07. The van der Waals surface area contributed by atoms with Crippen LogP contribution in [0.3, 0.4) is 0 Å². The first-order valence-electron chi connectivity index (χ1n) is 6.88. The summed E-state index contributed by atoms with van der Waals surface area (Å²) in [6, 6.07) is 9.06. The van der Waals surface area contributed by atoms with Gasteiger partial charge in [-0.15, -0.1) is 0 Å². The first kappa shape index (κ1) is 18.3. The first-order chi connectivity index (χ1) is 10.9. The lowest BCUT2D eigenvalue weighted by Crippen LogP contribution is -2.50. The second kappa shape index (κ2) is 5.79. The molecule has 0 aliphatic carbocycles. The minimum Gasteiger partial charge on any atom is -0.194 e. The van der Waals surface area contributed by atoms with Gasteiger partial charge >= 0.3 is 18.0 Å². The van der Waals surface area contributed by atoms with E-state index >= 15 is 0 Å². The molecule has 2 aromatic rings. The van der Waals surface area contributed by atoms with Gasteiger partial charge in [-0.3, -0.25) is 0 Å². The van der Waals surface area contributed by atoms with Gasteiger partial charge in [-0.25, -0.2) is 0 Å². The Bertz CT molecular complexity index is 728. The van der Waals surface area contributed by atoms with Crippen molar-refractivity contribution in [2.75, 3.05) is 0 Å². The number of aryl methyl sites for hydroxylation is 2. The largest absolute Gasteiger partial charge is 0.460 e. The van der Waals surface area contributed by atoms with Crippen LogP contribution in [0.2, 0.25) is 0 Å². The van der Waals surface area contributed by atoms with E-state index in [9.17, 15) is 30.7 Å². The van der Waals surface area contributed by atoms with Crippen molar-refractivity contribution in [2.24, 2.45) is 0 Å². The van der Waals surface area contributed by atoms with Crippen LogP contribution in [0.15, 0.2) is 42.5 Å². The van der Waals surface area contributed by atoms with E-state index in [1.807, 2.05) is 0 Å². The molecule has 0 spiro atoms. The number of hydrogen-bond acceptors (Lipinski definition) is 0. The highest BCUT2D eigenvalue weighted by atomic mass is 19.4. The smallest absolute Gasteiger partial charge is 0.194 e. The fraction of sp³-hybridized carbons (Fsp3) is 0.294. The van der Waals surface area contributed by atoms with Gasteiger partial charge < -0.3 is 0 Å². The molecule has 0 unspecified atom stereocenters. The van der Waals surface area contributed by atoms with Crippen LogP contribution in [0.1, 0.15) is 16.7 Å². The summed E-state index contributed by atoms with van der Waals surface area (Å²) in [5.74, 6) is -11.6. The lowest BCUT2D eigenvalue weighted by molar-refractivity contribution is -0.359. The molecule has 0 saturated heterocycles. The van der Waals surface area contributed by atoms with Gasteiger partial charge in [0.1, 0.15) is 0 Å². The van der Waals surface area contributed by atoms with Crippen molar-refractivity contribution in [3.05, 3.63) is 59.2 Å². The Labute approximate surface area is 133 Å². The highest BCUT2D eigenvalue weighted by molar-refractivity contribution is 5.69. The molecule has 24 heavy (non-hydrogen) atoms. The Kier molecular flexibility index (Phi) is 4.41.